The number of rotatable bonds is 6. The molecule has 30 heavy (non-hydrogen) atoms. The summed E-state index contributed by atoms with van der Waals surface area (Å²) >= 11 is 0. The number of hydrogen-bond acceptors (Lipinski definition) is 3. The molecule has 0 aliphatic heterocycles. The molecule has 0 radical (unpaired) electrons. The fraction of sp³-hybridized carbons (Fsp3) is 0.280. The number of benzene rings is 2. The molecule has 0 unspecified atom stereocenters. The second-order valence-corrected chi connectivity index (χ2v) is 7.59. The molecule has 3 aromatic rings. The molecule has 3 rings (SSSR count). The van der Waals surface area contributed by atoms with Crippen molar-refractivity contribution in [2.75, 3.05) is 11.9 Å². The van der Waals surface area contributed by atoms with E-state index in [2.05, 4.69) is 5.32 Å². The Morgan fingerprint density at radius 3 is 2.50 bits per heavy atom. The third kappa shape index (κ3) is 4.30. The number of aromatic nitrogens is 1. The Kier molecular flexibility index (Phi) is 6.40. The summed E-state index contributed by atoms with van der Waals surface area (Å²) in [5.74, 6) is 0.0525. The Balaban J connectivity index is 2.20. The molecule has 156 valence electrons. The summed E-state index contributed by atoms with van der Waals surface area (Å²) in [7, 11) is 0. The molecular formula is C25H28N2O3. The standard InChI is InChI=1S/C25H28N2O3/c1-6-13-30-22-15-18(4)27(29)24(20-11-7-9-16(2)14-20)23(22)25(28)26-21-12-8-10-17(3)19(21)5/h7-12,14-15H,6,13H2,1-5H3,(H,26,28). The van der Waals surface area contributed by atoms with Gasteiger partial charge in [-0.05, 0) is 56.5 Å². The van der Waals surface area contributed by atoms with Crippen LogP contribution in [0.3, 0.4) is 0 Å². The first-order chi connectivity index (χ1) is 14.3. The van der Waals surface area contributed by atoms with Crippen LogP contribution in [0.1, 0.15) is 46.1 Å². The zero-order valence-corrected chi connectivity index (χ0v) is 18.2. The van der Waals surface area contributed by atoms with E-state index >= 15 is 0 Å². The van der Waals surface area contributed by atoms with Crippen molar-refractivity contribution in [3.05, 3.63) is 81.7 Å². The third-order valence-corrected chi connectivity index (χ3v) is 5.18. The number of aryl methyl sites for hydroxylation is 3. The van der Waals surface area contributed by atoms with Gasteiger partial charge < -0.3 is 15.3 Å². The molecule has 0 saturated heterocycles. The summed E-state index contributed by atoms with van der Waals surface area (Å²) < 4.78 is 6.73. The minimum atomic E-state index is -0.365. The number of nitrogens with zero attached hydrogens (tertiary/aromatic N) is 1. The maximum atomic E-state index is 13.5. The highest BCUT2D eigenvalue weighted by molar-refractivity contribution is 6.10. The van der Waals surface area contributed by atoms with E-state index in [-0.39, 0.29) is 11.5 Å². The quantitative estimate of drug-likeness (QED) is 0.450. The van der Waals surface area contributed by atoms with E-state index in [1.165, 1.54) is 0 Å². The molecule has 5 heteroatoms. The molecule has 1 heterocycles. The van der Waals surface area contributed by atoms with Crippen molar-refractivity contribution in [3.63, 3.8) is 0 Å². The van der Waals surface area contributed by atoms with Crippen LogP contribution in [0.2, 0.25) is 0 Å². The van der Waals surface area contributed by atoms with Gasteiger partial charge in [-0.2, -0.15) is 4.73 Å². The average Bonchev–Trinajstić information content (AvgIpc) is 2.71. The van der Waals surface area contributed by atoms with Crippen molar-refractivity contribution in [2.45, 2.75) is 41.0 Å². The van der Waals surface area contributed by atoms with E-state index in [4.69, 9.17) is 4.74 Å². The molecule has 0 atom stereocenters. The highest BCUT2D eigenvalue weighted by Crippen LogP contribution is 2.31. The number of carbonyl (C=O) groups excluding carboxylic acids is 1. The van der Waals surface area contributed by atoms with E-state index in [1.807, 2.05) is 70.2 Å². The smallest absolute Gasteiger partial charge is 0.266 e. The van der Waals surface area contributed by atoms with E-state index < -0.39 is 0 Å². The Labute approximate surface area is 177 Å². The van der Waals surface area contributed by atoms with E-state index in [0.717, 1.165) is 33.5 Å². The average molecular weight is 405 g/mol. The number of amides is 1. The molecule has 1 aromatic heterocycles. The molecule has 1 N–H and O–H groups in total. The third-order valence-electron chi connectivity index (χ3n) is 5.18. The Morgan fingerprint density at radius 2 is 1.80 bits per heavy atom. The van der Waals surface area contributed by atoms with Crippen molar-refractivity contribution in [2.24, 2.45) is 0 Å². The number of anilines is 1. The first-order valence-electron chi connectivity index (χ1n) is 10.2. The predicted octanol–water partition coefficient (Wildman–Crippen LogP) is 5.26. The van der Waals surface area contributed by atoms with Crippen LogP contribution in [-0.2, 0) is 0 Å². The number of hydrogen-bond donors (Lipinski definition) is 1. The van der Waals surface area contributed by atoms with E-state index in [1.54, 1.807) is 13.0 Å². The number of nitrogens with one attached hydrogen (secondary N) is 1. The highest BCUT2D eigenvalue weighted by atomic mass is 16.5. The van der Waals surface area contributed by atoms with Gasteiger partial charge in [0.15, 0.2) is 11.3 Å². The second kappa shape index (κ2) is 8.99. The fourth-order valence-electron chi connectivity index (χ4n) is 3.39. The Bertz CT molecular complexity index is 1090. The lowest BCUT2D eigenvalue weighted by Crippen LogP contribution is -2.36. The SMILES string of the molecule is CCCOc1cc(C)[n+]([O-])c(-c2cccc(C)c2)c1C(=O)Nc1cccc(C)c1C. The van der Waals surface area contributed by atoms with Crippen LogP contribution in [0.5, 0.6) is 5.75 Å². The highest BCUT2D eigenvalue weighted by Gasteiger charge is 2.29. The molecule has 0 aliphatic rings. The topological polar surface area (TPSA) is 65.3 Å². The molecule has 0 spiro atoms. The Morgan fingerprint density at radius 1 is 1.07 bits per heavy atom. The summed E-state index contributed by atoms with van der Waals surface area (Å²) in [6, 6.07) is 15.0. The van der Waals surface area contributed by atoms with Crippen LogP contribution in [0, 0.1) is 32.9 Å². The maximum Gasteiger partial charge on any atom is 0.266 e. The van der Waals surface area contributed by atoms with Gasteiger partial charge in [0, 0.05) is 24.2 Å². The molecule has 5 nitrogen and oxygen atoms in total. The summed E-state index contributed by atoms with van der Waals surface area (Å²) in [6.45, 7) is 10.1. The van der Waals surface area contributed by atoms with Gasteiger partial charge in [-0.1, -0.05) is 36.8 Å². The van der Waals surface area contributed by atoms with Crippen LogP contribution in [0.4, 0.5) is 5.69 Å². The lowest BCUT2D eigenvalue weighted by molar-refractivity contribution is -0.600. The number of carbonyl (C=O) groups is 1. The first-order valence-corrected chi connectivity index (χ1v) is 10.2. The van der Waals surface area contributed by atoms with Crippen LogP contribution in [-0.4, -0.2) is 12.5 Å². The largest absolute Gasteiger partial charge is 0.618 e. The molecular weight excluding hydrogens is 376 g/mol. The summed E-state index contributed by atoms with van der Waals surface area (Å²) in [6.07, 6.45) is 0.795. The van der Waals surface area contributed by atoms with Gasteiger partial charge in [0.1, 0.15) is 5.75 Å². The maximum absolute atomic E-state index is 13.5. The van der Waals surface area contributed by atoms with Crippen molar-refractivity contribution >= 4 is 11.6 Å². The molecule has 2 aromatic carbocycles. The Hall–Kier alpha value is -3.34. The van der Waals surface area contributed by atoms with Gasteiger partial charge in [0.05, 0.1) is 6.61 Å². The number of pyridine rings is 1. The van der Waals surface area contributed by atoms with E-state index in [0.29, 0.717) is 29.3 Å². The van der Waals surface area contributed by atoms with Crippen molar-refractivity contribution in [1.82, 2.24) is 0 Å². The van der Waals surface area contributed by atoms with Gasteiger partial charge in [0.25, 0.3) is 5.91 Å². The van der Waals surface area contributed by atoms with Crippen LogP contribution in [0.15, 0.2) is 48.5 Å². The van der Waals surface area contributed by atoms with E-state index in [9.17, 15) is 10.0 Å². The second-order valence-electron chi connectivity index (χ2n) is 7.59. The summed E-state index contributed by atoms with van der Waals surface area (Å²) in [4.78, 5) is 13.5. The van der Waals surface area contributed by atoms with Gasteiger partial charge >= 0.3 is 0 Å². The van der Waals surface area contributed by atoms with Crippen LogP contribution >= 0.6 is 0 Å². The van der Waals surface area contributed by atoms with Crippen LogP contribution in [0.25, 0.3) is 11.3 Å². The molecule has 0 bridgehead atoms. The minimum absolute atomic E-state index is 0.246. The zero-order chi connectivity index (χ0) is 21.8. The normalized spacial score (nSPS) is 10.7. The first kappa shape index (κ1) is 21.4. The molecule has 0 aliphatic carbocycles. The van der Waals surface area contributed by atoms with Gasteiger partial charge in [0.2, 0.25) is 5.69 Å². The van der Waals surface area contributed by atoms with Crippen molar-refractivity contribution in [1.29, 1.82) is 0 Å². The van der Waals surface area contributed by atoms with Crippen molar-refractivity contribution in [3.8, 4) is 17.0 Å². The van der Waals surface area contributed by atoms with Crippen LogP contribution < -0.4 is 14.8 Å². The fourth-order valence-corrected chi connectivity index (χ4v) is 3.39. The lowest BCUT2D eigenvalue weighted by Gasteiger charge is -2.18. The summed E-state index contributed by atoms with van der Waals surface area (Å²) in [5.41, 5.74) is 5.49. The molecule has 1 amide bonds. The predicted molar refractivity (Wildman–Crippen MR) is 120 cm³/mol. The van der Waals surface area contributed by atoms with Crippen molar-refractivity contribution < 1.29 is 14.3 Å². The monoisotopic (exact) mass is 404 g/mol. The minimum Gasteiger partial charge on any atom is -0.618 e. The molecule has 0 fully saturated rings. The number of ether oxygens (including phenoxy) is 1. The molecule has 0 saturated carbocycles. The van der Waals surface area contributed by atoms with Gasteiger partial charge in [-0.15, -0.1) is 0 Å². The van der Waals surface area contributed by atoms with Gasteiger partial charge in [-0.25, -0.2) is 0 Å². The zero-order valence-electron chi connectivity index (χ0n) is 18.2. The summed E-state index contributed by atoms with van der Waals surface area (Å²) in [5, 5.41) is 16.1. The lowest BCUT2D eigenvalue weighted by atomic mass is 10.0. The van der Waals surface area contributed by atoms with Gasteiger partial charge in [-0.3, -0.25) is 4.79 Å².